The van der Waals surface area contributed by atoms with Crippen LogP contribution in [-0.4, -0.2) is 41.8 Å². The summed E-state index contributed by atoms with van der Waals surface area (Å²) in [5, 5.41) is 1.32. The normalized spacial score (nSPS) is 15.5. The fraction of sp³-hybridized carbons (Fsp3) is 1.00. The fourth-order valence-electron chi connectivity index (χ4n) is 0.474. The Morgan fingerprint density at radius 2 is 1.33 bits per heavy atom. The van der Waals surface area contributed by atoms with Gasteiger partial charge in [0, 0.05) is 0 Å². The lowest BCUT2D eigenvalue weighted by Gasteiger charge is -2.29. The van der Waals surface area contributed by atoms with Crippen LogP contribution in [0.4, 0.5) is 26.3 Å². The summed E-state index contributed by atoms with van der Waals surface area (Å²) in [6.07, 6.45) is 0. The maximum atomic E-state index is 12.3. The van der Waals surface area contributed by atoms with E-state index in [1.807, 2.05) is 0 Å². The minimum Gasteiger partial charge on any atom is -0.390 e. The Kier molecular flexibility index (Phi) is 3.36. The van der Waals surface area contributed by atoms with Gasteiger partial charge in [-0.25, -0.2) is 0 Å². The van der Waals surface area contributed by atoms with Gasteiger partial charge in [0.25, 0.3) is 0 Å². The van der Waals surface area contributed by atoms with Crippen LogP contribution in [0.5, 0.6) is 0 Å². The van der Waals surface area contributed by atoms with Crippen LogP contribution in [0.3, 0.4) is 0 Å². The molecule has 0 heterocycles. The molecule has 0 aromatic carbocycles. The number of aliphatic hydroxyl groups is 1. The molecule has 92 valence electrons. The Hall–Kier alpha value is -0.550. The van der Waals surface area contributed by atoms with Gasteiger partial charge in [-0.15, -0.1) is 0 Å². The van der Waals surface area contributed by atoms with Gasteiger partial charge in [-0.1, -0.05) is 0 Å². The Labute approximate surface area is 79.3 Å². The second-order valence-electron chi connectivity index (χ2n) is 2.43. The molecule has 0 spiro atoms. The van der Waals surface area contributed by atoms with Crippen molar-refractivity contribution in [3.63, 3.8) is 0 Å². The molecule has 0 aromatic rings. The minimum absolute atomic E-state index is 2.70. The largest absolute Gasteiger partial charge is 0.438 e. The lowest BCUT2D eigenvalue weighted by atomic mass is 10.2. The predicted molar refractivity (Wildman–Crippen MR) is 33.5 cm³/mol. The number of halogens is 6. The van der Waals surface area contributed by atoms with Crippen molar-refractivity contribution in [2.45, 2.75) is 17.1 Å². The van der Waals surface area contributed by atoms with E-state index in [0.29, 0.717) is 0 Å². The van der Waals surface area contributed by atoms with Crippen LogP contribution in [0, 0.1) is 0 Å². The summed E-state index contributed by atoms with van der Waals surface area (Å²) >= 11 is 0. The first kappa shape index (κ1) is 14.5. The topological polar surface area (TPSA) is 74.6 Å². The summed E-state index contributed by atoms with van der Waals surface area (Å²) in [7, 11) is -6.73. The van der Waals surface area contributed by atoms with E-state index in [9.17, 15) is 34.8 Å². The first-order valence-corrected chi connectivity index (χ1v) is 4.46. The van der Waals surface area contributed by atoms with Gasteiger partial charge in [-0.05, 0) is 0 Å². The number of alkyl halides is 6. The van der Waals surface area contributed by atoms with Gasteiger partial charge in [-0.3, -0.25) is 4.55 Å². The smallest absolute Gasteiger partial charge is 0.390 e. The summed E-state index contributed by atoms with van der Waals surface area (Å²) in [4.78, 5) is 0. The molecule has 2 N–H and O–H groups in total. The molecule has 0 unspecified atom stereocenters. The molecule has 0 aromatic heterocycles. The zero-order valence-electron chi connectivity index (χ0n) is 6.59. The van der Waals surface area contributed by atoms with Gasteiger partial charge in [-0.2, -0.15) is 34.8 Å². The molecule has 0 bridgehead atoms. The van der Waals surface area contributed by atoms with Gasteiger partial charge in [0.05, 0.1) is 0 Å². The van der Waals surface area contributed by atoms with Gasteiger partial charge >= 0.3 is 27.2 Å². The molecule has 0 rings (SSSR count). The molecule has 0 aliphatic heterocycles. The molecule has 0 aliphatic carbocycles. The van der Waals surface area contributed by atoms with E-state index in [1.165, 1.54) is 0 Å². The van der Waals surface area contributed by atoms with Gasteiger partial charge < -0.3 is 5.11 Å². The lowest BCUT2D eigenvalue weighted by molar-refractivity contribution is -0.290. The predicted octanol–water partition coefficient (Wildman–Crippen LogP) is 0.730. The minimum atomic E-state index is -6.73. The summed E-state index contributed by atoms with van der Waals surface area (Å²) < 4.78 is 100. The molecule has 0 radical (unpaired) electrons. The van der Waals surface area contributed by atoms with Crippen molar-refractivity contribution in [2.75, 3.05) is 6.61 Å². The summed E-state index contributed by atoms with van der Waals surface area (Å²) in [5.74, 6) is -12.1. The monoisotopic (exact) mass is 262 g/mol. The number of hydrogen-bond acceptors (Lipinski definition) is 3. The Bertz CT molecular complexity index is 335. The van der Waals surface area contributed by atoms with Gasteiger partial charge in [0.2, 0.25) is 0 Å². The van der Waals surface area contributed by atoms with Crippen molar-refractivity contribution in [3.8, 4) is 0 Å². The maximum absolute atomic E-state index is 12.3. The molecule has 0 atom stereocenters. The molecular formula is C4H4F6O4S. The Balaban J connectivity index is 5.59. The van der Waals surface area contributed by atoms with Crippen LogP contribution in [0.25, 0.3) is 0 Å². The van der Waals surface area contributed by atoms with Crippen molar-refractivity contribution in [3.05, 3.63) is 0 Å². The second kappa shape index (κ2) is 3.49. The number of aliphatic hydroxyl groups excluding tert-OH is 1. The van der Waals surface area contributed by atoms with Crippen molar-refractivity contribution in [1.82, 2.24) is 0 Å². The van der Waals surface area contributed by atoms with E-state index in [-0.39, 0.29) is 0 Å². The van der Waals surface area contributed by atoms with Crippen LogP contribution in [-0.2, 0) is 10.1 Å². The third-order valence-electron chi connectivity index (χ3n) is 1.35. The van der Waals surface area contributed by atoms with E-state index in [4.69, 9.17) is 9.66 Å². The summed E-state index contributed by atoms with van der Waals surface area (Å²) in [6.45, 7) is -2.70. The second-order valence-corrected chi connectivity index (χ2v) is 3.89. The van der Waals surface area contributed by atoms with Crippen molar-refractivity contribution in [2.24, 2.45) is 0 Å². The van der Waals surface area contributed by atoms with Crippen LogP contribution >= 0.6 is 0 Å². The molecule has 0 saturated carbocycles. The third kappa shape index (κ3) is 2.03. The van der Waals surface area contributed by atoms with Crippen molar-refractivity contribution < 1.29 is 44.4 Å². The molecule has 0 saturated heterocycles. The zero-order valence-corrected chi connectivity index (χ0v) is 7.41. The summed E-state index contributed by atoms with van der Waals surface area (Å²) in [6, 6.07) is 0. The average Bonchev–Trinajstić information content (AvgIpc) is 2.01. The van der Waals surface area contributed by atoms with Crippen LogP contribution in [0.1, 0.15) is 0 Å². The van der Waals surface area contributed by atoms with Crippen molar-refractivity contribution >= 4 is 10.1 Å². The fourth-order valence-corrected chi connectivity index (χ4v) is 0.947. The van der Waals surface area contributed by atoms with E-state index in [0.717, 1.165) is 0 Å². The highest BCUT2D eigenvalue weighted by molar-refractivity contribution is 7.87. The molecule has 0 fully saturated rings. The number of hydrogen-bond donors (Lipinski definition) is 2. The lowest BCUT2D eigenvalue weighted by Crippen LogP contribution is -2.59. The number of rotatable bonds is 4. The molecular weight excluding hydrogens is 258 g/mol. The van der Waals surface area contributed by atoms with Gasteiger partial charge in [0.1, 0.15) is 6.61 Å². The average molecular weight is 262 g/mol. The van der Waals surface area contributed by atoms with Crippen molar-refractivity contribution in [1.29, 1.82) is 0 Å². The van der Waals surface area contributed by atoms with Crippen LogP contribution in [0.15, 0.2) is 0 Å². The maximum Gasteiger partial charge on any atom is 0.438 e. The van der Waals surface area contributed by atoms with E-state index in [1.54, 1.807) is 0 Å². The third-order valence-corrected chi connectivity index (χ3v) is 2.25. The van der Waals surface area contributed by atoms with E-state index >= 15 is 0 Å². The van der Waals surface area contributed by atoms with Crippen LogP contribution in [0.2, 0.25) is 0 Å². The SMILES string of the molecule is O=S(=O)(O)C(F)(F)C(F)(F)C(F)(F)CO. The first-order chi connectivity index (χ1) is 6.31. The Morgan fingerprint density at radius 1 is 1.00 bits per heavy atom. The highest BCUT2D eigenvalue weighted by atomic mass is 32.2. The molecule has 11 heteroatoms. The molecule has 15 heavy (non-hydrogen) atoms. The van der Waals surface area contributed by atoms with E-state index < -0.39 is 33.8 Å². The Morgan fingerprint density at radius 3 is 1.53 bits per heavy atom. The molecule has 0 amide bonds. The molecule has 4 nitrogen and oxygen atoms in total. The quantitative estimate of drug-likeness (QED) is 0.578. The summed E-state index contributed by atoms with van der Waals surface area (Å²) in [5.41, 5.74) is 0. The van der Waals surface area contributed by atoms with E-state index in [2.05, 4.69) is 0 Å². The first-order valence-electron chi connectivity index (χ1n) is 3.02. The van der Waals surface area contributed by atoms with Gasteiger partial charge in [0.15, 0.2) is 0 Å². The van der Waals surface area contributed by atoms with Crippen LogP contribution < -0.4 is 0 Å². The zero-order chi connectivity index (χ0) is 12.7. The molecule has 0 aliphatic rings. The highest BCUT2D eigenvalue weighted by Gasteiger charge is 2.77. The standard InChI is InChI=1S/C4H4F6O4S/c5-2(6,1-11)3(7,8)4(9,10)15(12,13)14/h11H,1H2,(H,12,13,14). The highest BCUT2D eigenvalue weighted by Crippen LogP contribution is 2.47.